The quantitative estimate of drug-likeness (QED) is 0.625. The van der Waals surface area contributed by atoms with Crippen LogP contribution in [-0.2, 0) is 10.8 Å². The molecule has 0 bridgehead atoms. The summed E-state index contributed by atoms with van der Waals surface area (Å²) in [6, 6.07) is 6.92. The molecule has 0 heteroatoms. The molecule has 17 heavy (non-hydrogen) atoms. The van der Waals surface area contributed by atoms with Gasteiger partial charge in [0, 0.05) is 0 Å². The molecule has 0 amide bonds. The lowest BCUT2D eigenvalue weighted by Crippen LogP contribution is -2.20. The molecule has 0 radical (unpaired) electrons. The van der Waals surface area contributed by atoms with E-state index in [1.807, 2.05) is 0 Å². The Balaban J connectivity index is 2.62. The summed E-state index contributed by atoms with van der Waals surface area (Å²) in [5.41, 5.74) is 5.31. The predicted molar refractivity (Wildman–Crippen MR) is 75.8 cm³/mol. The first kappa shape index (κ1) is 12.7. The van der Waals surface area contributed by atoms with E-state index in [1.165, 1.54) is 12.8 Å². The SMILES string of the molecule is CC(C)(C)c1cccc(C(C)(C)C)c1C1CC1. The van der Waals surface area contributed by atoms with Crippen LogP contribution in [0, 0.1) is 0 Å². The summed E-state index contributed by atoms with van der Waals surface area (Å²) in [6.45, 7) is 14.0. The molecule has 1 aromatic rings. The first-order valence-corrected chi connectivity index (χ1v) is 6.85. The molecule has 0 aliphatic heterocycles. The van der Waals surface area contributed by atoms with Gasteiger partial charge in [-0.3, -0.25) is 0 Å². The highest BCUT2D eigenvalue weighted by Crippen LogP contribution is 2.48. The Hall–Kier alpha value is -0.780. The lowest BCUT2D eigenvalue weighted by atomic mass is 9.75. The molecule has 0 nitrogen and oxygen atoms in total. The molecule has 1 aromatic carbocycles. The Morgan fingerprint density at radius 1 is 0.824 bits per heavy atom. The van der Waals surface area contributed by atoms with Gasteiger partial charge in [-0.1, -0.05) is 59.7 Å². The van der Waals surface area contributed by atoms with Crippen LogP contribution >= 0.6 is 0 Å². The summed E-state index contributed by atoms with van der Waals surface area (Å²) in [7, 11) is 0. The van der Waals surface area contributed by atoms with Crippen LogP contribution in [0.4, 0.5) is 0 Å². The second kappa shape index (κ2) is 3.86. The third kappa shape index (κ3) is 2.56. The molecule has 0 atom stereocenters. The average Bonchev–Trinajstić information content (AvgIpc) is 2.96. The topological polar surface area (TPSA) is 0 Å². The fraction of sp³-hybridized carbons (Fsp3) is 0.647. The Morgan fingerprint density at radius 3 is 1.53 bits per heavy atom. The molecular weight excluding hydrogens is 204 g/mol. The first-order chi connectivity index (χ1) is 7.71. The van der Waals surface area contributed by atoms with Crippen LogP contribution < -0.4 is 0 Å². The van der Waals surface area contributed by atoms with Gasteiger partial charge in [0.25, 0.3) is 0 Å². The molecule has 94 valence electrons. The summed E-state index contributed by atoms with van der Waals surface area (Å²) >= 11 is 0. The van der Waals surface area contributed by atoms with E-state index < -0.39 is 0 Å². The second-order valence-electron chi connectivity index (χ2n) is 7.54. The van der Waals surface area contributed by atoms with E-state index in [2.05, 4.69) is 59.7 Å². The Morgan fingerprint density at radius 2 is 1.24 bits per heavy atom. The van der Waals surface area contributed by atoms with Crippen molar-refractivity contribution in [3.8, 4) is 0 Å². The molecular formula is C17H26. The van der Waals surface area contributed by atoms with Gasteiger partial charge < -0.3 is 0 Å². The minimum Gasteiger partial charge on any atom is -0.0617 e. The molecule has 1 saturated carbocycles. The van der Waals surface area contributed by atoms with Gasteiger partial charge in [-0.15, -0.1) is 0 Å². The van der Waals surface area contributed by atoms with E-state index in [1.54, 1.807) is 16.7 Å². The molecule has 1 fully saturated rings. The van der Waals surface area contributed by atoms with Gasteiger partial charge in [0.2, 0.25) is 0 Å². The highest BCUT2D eigenvalue weighted by molar-refractivity contribution is 5.46. The minimum absolute atomic E-state index is 0.263. The van der Waals surface area contributed by atoms with Gasteiger partial charge in [0.1, 0.15) is 0 Å². The first-order valence-electron chi connectivity index (χ1n) is 6.85. The molecule has 0 spiro atoms. The zero-order chi connectivity index (χ0) is 12.8. The van der Waals surface area contributed by atoms with Crippen molar-refractivity contribution in [3.05, 3.63) is 34.9 Å². The summed E-state index contributed by atoms with van der Waals surface area (Å²) in [5, 5.41) is 0. The number of hydrogen-bond donors (Lipinski definition) is 0. The summed E-state index contributed by atoms with van der Waals surface area (Å²) in [4.78, 5) is 0. The third-order valence-corrected chi connectivity index (χ3v) is 3.71. The molecule has 1 aliphatic rings. The Bertz CT molecular complexity index is 376. The van der Waals surface area contributed by atoms with Gasteiger partial charge in [0.15, 0.2) is 0 Å². The summed E-state index contributed by atoms with van der Waals surface area (Å²) in [6.07, 6.45) is 2.77. The lowest BCUT2D eigenvalue weighted by molar-refractivity contribution is 0.555. The molecule has 0 saturated heterocycles. The van der Waals surface area contributed by atoms with Gasteiger partial charge in [-0.2, -0.15) is 0 Å². The normalized spacial score (nSPS) is 17.3. The summed E-state index contributed by atoms with van der Waals surface area (Å²) in [5.74, 6) is 0.833. The van der Waals surface area contributed by atoms with Crippen LogP contribution in [0.15, 0.2) is 18.2 Å². The second-order valence-corrected chi connectivity index (χ2v) is 7.54. The van der Waals surface area contributed by atoms with Crippen molar-refractivity contribution < 1.29 is 0 Å². The highest BCUT2D eigenvalue weighted by Gasteiger charge is 2.34. The van der Waals surface area contributed by atoms with E-state index in [-0.39, 0.29) is 10.8 Å². The zero-order valence-electron chi connectivity index (χ0n) is 12.2. The third-order valence-electron chi connectivity index (χ3n) is 3.71. The van der Waals surface area contributed by atoms with Crippen molar-refractivity contribution in [2.24, 2.45) is 0 Å². The van der Waals surface area contributed by atoms with E-state index in [0.717, 1.165) is 5.92 Å². The van der Waals surface area contributed by atoms with Crippen molar-refractivity contribution >= 4 is 0 Å². The van der Waals surface area contributed by atoms with Crippen LogP contribution in [0.25, 0.3) is 0 Å². The summed E-state index contributed by atoms with van der Waals surface area (Å²) < 4.78 is 0. The standard InChI is InChI=1S/C17H26/c1-16(2,3)13-8-7-9-14(17(4,5)6)15(13)12-10-11-12/h7-9,12H,10-11H2,1-6H3. The molecule has 2 rings (SSSR count). The van der Waals surface area contributed by atoms with Crippen LogP contribution in [0.1, 0.15) is 77.0 Å². The van der Waals surface area contributed by atoms with E-state index >= 15 is 0 Å². The number of rotatable bonds is 1. The van der Waals surface area contributed by atoms with Gasteiger partial charge >= 0.3 is 0 Å². The maximum atomic E-state index is 2.34. The predicted octanol–water partition coefficient (Wildman–Crippen LogP) is 5.16. The van der Waals surface area contributed by atoms with Gasteiger partial charge in [-0.05, 0) is 46.3 Å². The minimum atomic E-state index is 0.263. The lowest BCUT2D eigenvalue weighted by Gasteiger charge is -2.30. The maximum absolute atomic E-state index is 2.34. The van der Waals surface area contributed by atoms with Crippen molar-refractivity contribution in [1.29, 1.82) is 0 Å². The monoisotopic (exact) mass is 230 g/mol. The van der Waals surface area contributed by atoms with Crippen LogP contribution in [-0.4, -0.2) is 0 Å². The maximum Gasteiger partial charge on any atom is -0.0129 e. The molecule has 0 heterocycles. The molecule has 0 N–H and O–H groups in total. The molecule has 1 aliphatic carbocycles. The molecule has 0 aromatic heterocycles. The van der Waals surface area contributed by atoms with E-state index in [9.17, 15) is 0 Å². The zero-order valence-corrected chi connectivity index (χ0v) is 12.2. The Labute approximate surface area is 106 Å². The largest absolute Gasteiger partial charge is 0.0617 e. The van der Waals surface area contributed by atoms with Crippen LogP contribution in [0.3, 0.4) is 0 Å². The van der Waals surface area contributed by atoms with Gasteiger partial charge in [0.05, 0.1) is 0 Å². The van der Waals surface area contributed by atoms with Crippen molar-refractivity contribution in [1.82, 2.24) is 0 Å². The van der Waals surface area contributed by atoms with Gasteiger partial charge in [-0.25, -0.2) is 0 Å². The van der Waals surface area contributed by atoms with Crippen molar-refractivity contribution in [2.45, 2.75) is 71.1 Å². The Kier molecular flexibility index (Phi) is 2.88. The van der Waals surface area contributed by atoms with Crippen LogP contribution in [0.2, 0.25) is 0 Å². The smallest absolute Gasteiger partial charge is 0.0129 e. The average molecular weight is 230 g/mol. The van der Waals surface area contributed by atoms with Crippen LogP contribution in [0.5, 0.6) is 0 Å². The highest BCUT2D eigenvalue weighted by atomic mass is 14.4. The number of benzene rings is 1. The number of hydrogen-bond acceptors (Lipinski definition) is 0. The van der Waals surface area contributed by atoms with Crippen molar-refractivity contribution in [3.63, 3.8) is 0 Å². The van der Waals surface area contributed by atoms with Crippen molar-refractivity contribution in [2.75, 3.05) is 0 Å². The van der Waals surface area contributed by atoms with E-state index in [0.29, 0.717) is 0 Å². The fourth-order valence-corrected chi connectivity index (χ4v) is 2.69. The van der Waals surface area contributed by atoms with E-state index in [4.69, 9.17) is 0 Å². The fourth-order valence-electron chi connectivity index (χ4n) is 2.69. The molecule has 0 unspecified atom stereocenters.